The van der Waals surface area contributed by atoms with E-state index in [0.29, 0.717) is 5.57 Å². The standard InChI is InChI=1S/C9H11NO4S2/c1-6(2)4-10-16(13,14)8-3-7(5-15-8)9(11)12/h3,5,10H,1,4H2,2H3,(H,11,12). The van der Waals surface area contributed by atoms with Crippen molar-refractivity contribution < 1.29 is 18.3 Å². The molecule has 0 fully saturated rings. The first-order valence-electron chi connectivity index (χ1n) is 4.29. The van der Waals surface area contributed by atoms with Crippen LogP contribution in [0.3, 0.4) is 0 Å². The van der Waals surface area contributed by atoms with E-state index in [-0.39, 0.29) is 16.3 Å². The van der Waals surface area contributed by atoms with Gasteiger partial charge in [-0.1, -0.05) is 12.2 Å². The van der Waals surface area contributed by atoms with E-state index in [1.165, 1.54) is 5.38 Å². The van der Waals surface area contributed by atoms with Crippen molar-refractivity contribution in [1.29, 1.82) is 0 Å². The van der Waals surface area contributed by atoms with Gasteiger partial charge in [-0.05, 0) is 13.0 Å². The summed E-state index contributed by atoms with van der Waals surface area (Å²) in [5.74, 6) is -1.14. The van der Waals surface area contributed by atoms with Crippen LogP contribution in [0.4, 0.5) is 0 Å². The first-order valence-corrected chi connectivity index (χ1v) is 6.65. The molecule has 0 atom stereocenters. The van der Waals surface area contributed by atoms with E-state index in [4.69, 9.17) is 5.11 Å². The third-order valence-corrected chi connectivity index (χ3v) is 4.49. The molecule has 1 rings (SSSR count). The highest BCUT2D eigenvalue weighted by Crippen LogP contribution is 2.19. The fourth-order valence-electron chi connectivity index (χ4n) is 0.859. The Hall–Kier alpha value is -1.18. The summed E-state index contributed by atoms with van der Waals surface area (Å²) < 4.78 is 25.6. The van der Waals surface area contributed by atoms with Crippen molar-refractivity contribution in [3.8, 4) is 0 Å². The van der Waals surface area contributed by atoms with Crippen molar-refractivity contribution >= 4 is 27.3 Å². The molecule has 1 heterocycles. The van der Waals surface area contributed by atoms with E-state index >= 15 is 0 Å². The zero-order chi connectivity index (χ0) is 12.3. The van der Waals surface area contributed by atoms with Gasteiger partial charge in [-0.15, -0.1) is 11.3 Å². The van der Waals surface area contributed by atoms with Crippen LogP contribution < -0.4 is 4.72 Å². The molecule has 0 aliphatic rings. The van der Waals surface area contributed by atoms with E-state index in [9.17, 15) is 13.2 Å². The number of thiophene rings is 1. The summed E-state index contributed by atoms with van der Waals surface area (Å²) in [7, 11) is -3.62. The van der Waals surface area contributed by atoms with Gasteiger partial charge in [-0.2, -0.15) is 0 Å². The molecule has 0 radical (unpaired) electrons. The van der Waals surface area contributed by atoms with Crippen LogP contribution in [0.25, 0.3) is 0 Å². The molecular weight excluding hydrogens is 250 g/mol. The molecule has 7 heteroatoms. The molecule has 5 nitrogen and oxygen atoms in total. The Morgan fingerprint density at radius 2 is 2.25 bits per heavy atom. The maximum Gasteiger partial charge on any atom is 0.336 e. The smallest absolute Gasteiger partial charge is 0.336 e. The molecule has 0 aliphatic heterocycles. The first-order chi connectivity index (χ1) is 7.33. The topological polar surface area (TPSA) is 83.5 Å². The molecule has 88 valence electrons. The minimum Gasteiger partial charge on any atom is -0.478 e. The highest BCUT2D eigenvalue weighted by molar-refractivity contribution is 7.91. The average Bonchev–Trinajstić information content (AvgIpc) is 2.64. The summed E-state index contributed by atoms with van der Waals surface area (Å²) in [5, 5.41) is 9.95. The van der Waals surface area contributed by atoms with Crippen LogP contribution in [0, 0.1) is 0 Å². The number of carboxylic acid groups (broad SMARTS) is 1. The molecule has 1 aromatic rings. The lowest BCUT2D eigenvalue weighted by molar-refractivity contribution is 0.0697. The summed E-state index contributed by atoms with van der Waals surface area (Å²) in [6, 6.07) is 1.13. The fraction of sp³-hybridized carbons (Fsp3) is 0.222. The molecule has 16 heavy (non-hydrogen) atoms. The normalized spacial score (nSPS) is 11.3. The van der Waals surface area contributed by atoms with Gasteiger partial charge in [-0.3, -0.25) is 0 Å². The van der Waals surface area contributed by atoms with E-state index < -0.39 is 16.0 Å². The molecule has 2 N–H and O–H groups in total. The molecule has 0 aromatic carbocycles. The van der Waals surface area contributed by atoms with Gasteiger partial charge in [0.15, 0.2) is 0 Å². The van der Waals surface area contributed by atoms with Gasteiger partial charge in [-0.25, -0.2) is 17.9 Å². The van der Waals surface area contributed by atoms with Crippen LogP contribution in [0.5, 0.6) is 0 Å². The predicted molar refractivity (Wildman–Crippen MR) is 61.3 cm³/mol. The summed E-state index contributed by atoms with van der Waals surface area (Å²) in [5.41, 5.74) is 0.652. The molecule has 1 aromatic heterocycles. The second-order valence-corrected chi connectivity index (χ2v) is 6.15. The van der Waals surface area contributed by atoms with E-state index in [2.05, 4.69) is 11.3 Å². The van der Waals surface area contributed by atoms with Gasteiger partial charge >= 0.3 is 5.97 Å². The predicted octanol–water partition coefficient (Wildman–Crippen LogP) is 1.30. The monoisotopic (exact) mass is 261 g/mol. The van der Waals surface area contributed by atoms with Crippen LogP contribution in [0.1, 0.15) is 17.3 Å². The number of rotatable bonds is 5. The number of carboxylic acids is 1. The Kier molecular flexibility index (Phi) is 3.84. The quantitative estimate of drug-likeness (QED) is 0.783. The Balaban J connectivity index is 2.90. The largest absolute Gasteiger partial charge is 0.478 e. The number of nitrogens with one attached hydrogen (secondary N) is 1. The fourth-order valence-corrected chi connectivity index (χ4v) is 3.15. The summed E-state index contributed by atoms with van der Waals surface area (Å²) in [6.45, 7) is 5.40. The van der Waals surface area contributed by atoms with Gasteiger partial charge in [0.1, 0.15) is 4.21 Å². The van der Waals surface area contributed by atoms with Crippen LogP contribution in [-0.2, 0) is 10.0 Å². The van der Waals surface area contributed by atoms with Crippen LogP contribution in [0.2, 0.25) is 0 Å². The van der Waals surface area contributed by atoms with E-state index in [0.717, 1.165) is 17.4 Å². The van der Waals surface area contributed by atoms with Crippen LogP contribution in [-0.4, -0.2) is 26.0 Å². The third-order valence-electron chi connectivity index (χ3n) is 1.65. The van der Waals surface area contributed by atoms with Gasteiger partial charge in [0.2, 0.25) is 10.0 Å². The number of aromatic carboxylic acids is 1. The summed E-state index contributed by atoms with van der Waals surface area (Å²) in [6.07, 6.45) is 0. The molecule has 0 amide bonds. The molecule has 0 aliphatic carbocycles. The number of hydrogen-bond donors (Lipinski definition) is 2. The Morgan fingerprint density at radius 1 is 1.62 bits per heavy atom. The minimum absolute atomic E-state index is 0.00819. The second kappa shape index (κ2) is 4.77. The van der Waals surface area contributed by atoms with Crippen molar-refractivity contribution in [3.05, 3.63) is 29.2 Å². The van der Waals surface area contributed by atoms with Crippen molar-refractivity contribution in [2.45, 2.75) is 11.1 Å². The molecule has 0 unspecified atom stereocenters. The second-order valence-electron chi connectivity index (χ2n) is 3.24. The van der Waals surface area contributed by atoms with Gasteiger partial charge in [0.05, 0.1) is 5.56 Å². The Bertz CT molecular complexity index is 515. The molecular formula is C9H11NO4S2. The number of hydrogen-bond acceptors (Lipinski definition) is 4. The third kappa shape index (κ3) is 3.16. The van der Waals surface area contributed by atoms with Gasteiger partial charge < -0.3 is 5.11 Å². The SMILES string of the molecule is C=C(C)CNS(=O)(=O)c1cc(C(=O)O)cs1. The van der Waals surface area contributed by atoms with Crippen molar-refractivity contribution in [2.24, 2.45) is 0 Å². The van der Waals surface area contributed by atoms with Crippen LogP contribution in [0.15, 0.2) is 27.8 Å². The number of sulfonamides is 1. The van der Waals surface area contributed by atoms with E-state index in [1.54, 1.807) is 6.92 Å². The van der Waals surface area contributed by atoms with Gasteiger partial charge in [0, 0.05) is 11.9 Å². The lowest BCUT2D eigenvalue weighted by Gasteiger charge is -2.03. The van der Waals surface area contributed by atoms with Crippen molar-refractivity contribution in [2.75, 3.05) is 6.54 Å². The van der Waals surface area contributed by atoms with Gasteiger partial charge in [0.25, 0.3) is 0 Å². The minimum atomic E-state index is -3.62. The van der Waals surface area contributed by atoms with Crippen molar-refractivity contribution in [1.82, 2.24) is 4.72 Å². The summed E-state index contributed by atoms with van der Waals surface area (Å²) >= 11 is 0.876. The Morgan fingerprint density at radius 3 is 2.69 bits per heavy atom. The van der Waals surface area contributed by atoms with Crippen molar-refractivity contribution in [3.63, 3.8) is 0 Å². The average molecular weight is 261 g/mol. The zero-order valence-corrected chi connectivity index (χ0v) is 10.2. The summed E-state index contributed by atoms with van der Waals surface area (Å²) in [4.78, 5) is 10.6. The van der Waals surface area contributed by atoms with Crippen LogP contribution >= 0.6 is 11.3 Å². The number of carbonyl (C=O) groups is 1. The Labute approximate surface area is 97.5 Å². The first kappa shape index (κ1) is 12.9. The maximum absolute atomic E-state index is 11.6. The molecule has 0 saturated heterocycles. The lowest BCUT2D eigenvalue weighted by atomic mass is 10.4. The molecule has 0 saturated carbocycles. The highest BCUT2D eigenvalue weighted by atomic mass is 32.2. The van der Waals surface area contributed by atoms with E-state index in [1.807, 2.05) is 0 Å². The zero-order valence-electron chi connectivity index (χ0n) is 8.56. The lowest BCUT2D eigenvalue weighted by Crippen LogP contribution is -2.24. The molecule has 0 bridgehead atoms. The molecule has 0 spiro atoms. The highest BCUT2D eigenvalue weighted by Gasteiger charge is 2.18. The maximum atomic E-state index is 11.6.